The normalized spacial score (nSPS) is 20.1. The maximum Gasteiger partial charge on any atom is 0.354 e. The van der Waals surface area contributed by atoms with Crippen LogP contribution in [0.2, 0.25) is 0 Å². The number of urea groups is 1. The first kappa shape index (κ1) is 19.9. The van der Waals surface area contributed by atoms with Gasteiger partial charge in [0.05, 0.1) is 5.69 Å². The number of hydrogen-bond acceptors (Lipinski definition) is 4. The average Bonchev–Trinajstić information content (AvgIpc) is 3.33. The second-order valence-electron chi connectivity index (χ2n) is 7.60. The molecule has 0 spiro atoms. The van der Waals surface area contributed by atoms with Gasteiger partial charge in [-0.15, -0.1) is 4.36 Å². The Morgan fingerprint density at radius 2 is 2.14 bits per heavy atom. The predicted molar refractivity (Wildman–Crippen MR) is 103 cm³/mol. The molecule has 2 aliphatic rings. The first-order valence-corrected chi connectivity index (χ1v) is 11.0. The van der Waals surface area contributed by atoms with Crippen LogP contribution < -0.4 is 10.5 Å². The minimum absolute atomic E-state index is 0.307. The van der Waals surface area contributed by atoms with Gasteiger partial charge in [0.15, 0.2) is 14.9 Å². The van der Waals surface area contributed by atoms with Crippen LogP contribution in [0.25, 0.3) is 0 Å². The molecule has 156 valence electrons. The van der Waals surface area contributed by atoms with Crippen molar-refractivity contribution in [1.29, 1.82) is 0 Å². The van der Waals surface area contributed by atoms with E-state index < -0.39 is 22.0 Å². The number of nitrogens with zero attached hydrogens (tertiary/aromatic N) is 4. The zero-order valence-electron chi connectivity index (χ0n) is 16.1. The highest BCUT2D eigenvalue weighted by atomic mass is 32.2. The lowest BCUT2D eigenvalue weighted by atomic mass is 10.0. The van der Waals surface area contributed by atoms with Gasteiger partial charge in [0, 0.05) is 24.5 Å². The van der Waals surface area contributed by atoms with Crippen LogP contribution in [0.3, 0.4) is 0 Å². The molecule has 0 saturated heterocycles. The van der Waals surface area contributed by atoms with Crippen molar-refractivity contribution in [3.63, 3.8) is 0 Å². The summed E-state index contributed by atoms with van der Waals surface area (Å²) in [6.45, 7) is 2.74. The van der Waals surface area contributed by atoms with Crippen molar-refractivity contribution in [2.75, 3.05) is 5.32 Å². The zero-order valence-corrected chi connectivity index (χ0v) is 16.9. The molecule has 29 heavy (non-hydrogen) atoms. The van der Waals surface area contributed by atoms with E-state index in [9.17, 15) is 17.8 Å². The Morgan fingerprint density at radius 1 is 1.38 bits per heavy atom. The number of aromatic nitrogens is 3. The zero-order chi connectivity index (χ0) is 21.0. The van der Waals surface area contributed by atoms with E-state index in [1.54, 1.807) is 0 Å². The van der Waals surface area contributed by atoms with E-state index in [1.165, 1.54) is 0 Å². The predicted octanol–water partition coefficient (Wildman–Crippen LogP) is 3.32. The molecule has 0 saturated carbocycles. The van der Waals surface area contributed by atoms with Crippen LogP contribution in [-0.2, 0) is 35.2 Å². The fourth-order valence-corrected chi connectivity index (χ4v) is 4.78. The van der Waals surface area contributed by atoms with Gasteiger partial charge in [-0.1, -0.05) is 6.92 Å². The molecule has 2 aromatic heterocycles. The van der Waals surface area contributed by atoms with Crippen LogP contribution >= 0.6 is 0 Å². The van der Waals surface area contributed by atoms with E-state index in [0.717, 1.165) is 66.9 Å². The molecule has 2 aromatic rings. The van der Waals surface area contributed by atoms with Crippen LogP contribution in [-0.4, -0.2) is 25.0 Å². The first-order chi connectivity index (χ1) is 13.6. The number of rotatable bonds is 3. The average molecular weight is 424 g/mol. The van der Waals surface area contributed by atoms with Crippen molar-refractivity contribution in [2.45, 2.75) is 62.9 Å². The Morgan fingerprint density at radius 3 is 2.83 bits per heavy atom. The molecule has 3 N–H and O–H groups in total. The number of pyridine rings is 1. The van der Waals surface area contributed by atoms with Gasteiger partial charge in [-0.3, -0.25) is 4.98 Å². The Balaban J connectivity index is 1.66. The van der Waals surface area contributed by atoms with E-state index in [0.29, 0.717) is 23.2 Å². The van der Waals surface area contributed by atoms with Crippen LogP contribution in [0.4, 0.5) is 19.3 Å². The monoisotopic (exact) mass is 424 g/mol. The molecule has 11 heteroatoms. The number of halogens is 2. The van der Waals surface area contributed by atoms with Crippen molar-refractivity contribution in [2.24, 2.45) is 9.50 Å². The largest absolute Gasteiger partial charge is 0.354 e. The van der Waals surface area contributed by atoms with Gasteiger partial charge in [0.25, 0.3) is 0 Å². The number of amides is 2. The van der Waals surface area contributed by atoms with E-state index in [1.807, 2.05) is 0 Å². The van der Waals surface area contributed by atoms with Gasteiger partial charge < -0.3 is 5.32 Å². The van der Waals surface area contributed by atoms with Crippen molar-refractivity contribution in [1.82, 2.24) is 14.8 Å². The third kappa shape index (κ3) is 3.64. The summed E-state index contributed by atoms with van der Waals surface area (Å²) < 4.78 is 43.2. The number of aryl methyl sites for hydroxylation is 1. The highest BCUT2D eigenvalue weighted by molar-refractivity contribution is 7.91. The molecule has 0 aromatic carbocycles. The van der Waals surface area contributed by atoms with Crippen LogP contribution in [0.1, 0.15) is 55.1 Å². The molecule has 4 rings (SSSR count). The van der Waals surface area contributed by atoms with Gasteiger partial charge >= 0.3 is 12.1 Å². The maximum absolute atomic E-state index is 13.3. The number of anilines is 1. The summed E-state index contributed by atoms with van der Waals surface area (Å²) in [5, 5.41) is 11.5. The van der Waals surface area contributed by atoms with Gasteiger partial charge in [-0.2, -0.15) is 13.9 Å². The first-order valence-electron chi connectivity index (χ1n) is 9.40. The lowest BCUT2D eigenvalue weighted by Crippen LogP contribution is -2.22. The lowest BCUT2D eigenvalue weighted by molar-refractivity contribution is -0.0732. The van der Waals surface area contributed by atoms with E-state index in [4.69, 9.17) is 10.1 Å². The molecule has 0 unspecified atom stereocenters. The smallest absolute Gasteiger partial charge is 0.305 e. The molecular weight excluding hydrogens is 402 g/mol. The summed E-state index contributed by atoms with van der Waals surface area (Å²) in [7, 11) is -3.78. The van der Waals surface area contributed by atoms with E-state index in [-0.39, 0.29) is 5.03 Å². The molecule has 2 atom stereocenters. The van der Waals surface area contributed by atoms with Gasteiger partial charge in [-0.25, -0.2) is 18.8 Å². The van der Waals surface area contributed by atoms with Crippen molar-refractivity contribution in [3.05, 3.63) is 34.8 Å². The number of fused-ring (bicyclic) bond motifs is 2. The van der Waals surface area contributed by atoms with Gasteiger partial charge in [0.1, 0.15) is 0 Å². The number of nitrogens with two attached hydrogens (primary N) is 1. The summed E-state index contributed by atoms with van der Waals surface area (Å²) in [6.07, 6.45) is 5.29. The molecule has 2 heterocycles. The summed E-state index contributed by atoms with van der Waals surface area (Å²) in [5.74, 6) is 0.307. The van der Waals surface area contributed by atoms with Gasteiger partial charge in [0.2, 0.25) is 0 Å². The number of alkyl halides is 2. The molecule has 8 nitrogen and oxygen atoms in total. The topological polar surface area (TPSA) is 115 Å². The highest BCUT2D eigenvalue weighted by Gasteiger charge is 2.30. The Hall–Kier alpha value is -2.40. The number of carbonyl (C=O) groups excluding carboxylic acids is 1. The molecule has 0 aliphatic heterocycles. The Kier molecular flexibility index (Phi) is 4.69. The summed E-state index contributed by atoms with van der Waals surface area (Å²) in [4.78, 5) is 17.3. The van der Waals surface area contributed by atoms with Crippen LogP contribution in [0, 0.1) is 0 Å². The number of nitrogens with one attached hydrogen (secondary N) is 1. The van der Waals surface area contributed by atoms with Crippen LogP contribution in [0.5, 0.6) is 0 Å². The van der Waals surface area contributed by atoms with Crippen LogP contribution in [0.15, 0.2) is 21.7 Å². The third-order valence-electron chi connectivity index (χ3n) is 5.37. The number of carbonyl (C=O) groups is 1. The molecule has 0 fully saturated rings. The standard InChI is InChI=1S/C18H22F2N6O2S/c1-10-6-7-12-15(10)22-13-5-3-4-11(13)16(12)23-17(27)25-29(21,28)14-8-9-26(24-14)18(2,19)20/h8-10H,3-7H2,1-2H3,(H3,21,22,23,25,27,28)/t10-,29+/m1/s1. The molecular formula is C18H22F2N6O2S. The van der Waals surface area contributed by atoms with E-state index in [2.05, 4.69) is 21.7 Å². The molecule has 2 aliphatic carbocycles. The van der Waals surface area contributed by atoms with E-state index >= 15 is 0 Å². The second kappa shape index (κ2) is 6.84. The SMILES string of the molecule is C[C@@H]1CCc2c1nc1c(c2NC(=O)N=[S@](N)(=O)c2ccn(C(C)(F)F)n2)CCC1. The minimum atomic E-state index is -3.78. The van der Waals surface area contributed by atoms with Crippen molar-refractivity contribution < 1.29 is 17.8 Å². The molecule has 0 radical (unpaired) electrons. The fourth-order valence-electron chi connectivity index (χ4n) is 3.93. The van der Waals surface area contributed by atoms with Gasteiger partial charge in [-0.05, 0) is 55.2 Å². The highest BCUT2D eigenvalue weighted by Crippen LogP contribution is 2.41. The van der Waals surface area contributed by atoms with Crippen molar-refractivity contribution in [3.8, 4) is 0 Å². The molecule has 2 amide bonds. The maximum atomic E-state index is 13.3. The molecule has 0 bridgehead atoms. The Labute approximate surface area is 167 Å². The second-order valence-corrected chi connectivity index (χ2v) is 9.34. The quantitative estimate of drug-likeness (QED) is 0.786. The summed E-state index contributed by atoms with van der Waals surface area (Å²) in [6, 6.07) is -3.11. The fraction of sp³-hybridized carbons (Fsp3) is 0.500. The summed E-state index contributed by atoms with van der Waals surface area (Å²) in [5.41, 5.74) is 4.62. The summed E-state index contributed by atoms with van der Waals surface area (Å²) >= 11 is 0. The van der Waals surface area contributed by atoms with Crippen molar-refractivity contribution >= 4 is 21.6 Å². The third-order valence-corrected chi connectivity index (χ3v) is 6.62. The lowest BCUT2D eigenvalue weighted by Gasteiger charge is -2.15. The Bertz CT molecular complexity index is 1110. The number of hydrogen-bond donors (Lipinski definition) is 2. The minimum Gasteiger partial charge on any atom is -0.305 e.